The standard InChI is InChI=1S/C23H30N2O5S/c1-5-25(6-2)31(27,28)18-11-12-21(30-16(3)4)20(15-18)24-23(26)22-19-10-8-7-9-17(19)13-14-29-22/h7-12,15-16,22H,5-6,13-14H2,1-4H3,(H,24,26). The average Bonchev–Trinajstić information content (AvgIpc) is 2.74. The van der Waals surface area contributed by atoms with Gasteiger partial charge in [-0.3, -0.25) is 4.79 Å². The maximum absolute atomic E-state index is 13.1. The minimum Gasteiger partial charge on any atom is -0.489 e. The van der Waals surface area contributed by atoms with Crippen molar-refractivity contribution in [1.82, 2.24) is 4.31 Å². The van der Waals surface area contributed by atoms with Gasteiger partial charge < -0.3 is 14.8 Å². The van der Waals surface area contributed by atoms with Gasteiger partial charge in [0.1, 0.15) is 5.75 Å². The third-order valence-electron chi connectivity index (χ3n) is 5.15. The topological polar surface area (TPSA) is 84.9 Å². The summed E-state index contributed by atoms with van der Waals surface area (Å²) < 4.78 is 38.9. The summed E-state index contributed by atoms with van der Waals surface area (Å²) in [5.74, 6) is 0.0454. The molecule has 0 bridgehead atoms. The molecule has 1 unspecified atom stereocenters. The zero-order chi connectivity index (χ0) is 22.6. The predicted octanol–water partition coefficient (Wildman–Crippen LogP) is 3.76. The summed E-state index contributed by atoms with van der Waals surface area (Å²) >= 11 is 0. The van der Waals surface area contributed by atoms with E-state index in [9.17, 15) is 13.2 Å². The molecule has 8 heteroatoms. The fourth-order valence-electron chi connectivity index (χ4n) is 3.65. The van der Waals surface area contributed by atoms with Crippen molar-refractivity contribution >= 4 is 21.6 Å². The van der Waals surface area contributed by atoms with Gasteiger partial charge in [0.2, 0.25) is 10.0 Å². The Bertz CT molecular complexity index is 1030. The highest BCUT2D eigenvalue weighted by atomic mass is 32.2. The van der Waals surface area contributed by atoms with E-state index in [1.165, 1.54) is 16.4 Å². The first-order valence-electron chi connectivity index (χ1n) is 10.6. The fourth-order valence-corrected chi connectivity index (χ4v) is 5.13. The SMILES string of the molecule is CCN(CC)S(=O)(=O)c1ccc(OC(C)C)c(NC(=O)C2OCCc3ccccc32)c1. The third-order valence-corrected chi connectivity index (χ3v) is 7.19. The van der Waals surface area contributed by atoms with Crippen LogP contribution >= 0.6 is 0 Å². The zero-order valence-electron chi connectivity index (χ0n) is 18.4. The second kappa shape index (κ2) is 9.80. The Balaban J connectivity index is 1.96. The molecule has 31 heavy (non-hydrogen) atoms. The van der Waals surface area contributed by atoms with Crippen LogP contribution in [-0.4, -0.2) is 44.4 Å². The van der Waals surface area contributed by atoms with Crippen molar-refractivity contribution in [2.24, 2.45) is 0 Å². The number of fused-ring (bicyclic) bond motifs is 1. The van der Waals surface area contributed by atoms with Crippen molar-refractivity contribution in [3.8, 4) is 5.75 Å². The Morgan fingerprint density at radius 1 is 1.19 bits per heavy atom. The van der Waals surface area contributed by atoms with Crippen LogP contribution in [0, 0.1) is 0 Å². The van der Waals surface area contributed by atoms with Crippen molar-refractivity contribution in [3.63, 3.8) is 0 Å². The summed E-state index contributed by atoms with van der Waals surface area (Å²) in [6.45, 7) is 8.48. The second-order valence-corrected chi connectivity index (χ2v) is 9.54. The molecule has 1 heterocycles. The quantitative estimate of drug-likeness (QED) is 0.667. The van der Waals surface area contributed by atoms with Gasteiger partial charge in [0.05, 0.1) is 23.3 Å². The van der Waals surface area contributed by atoms with Crippen molar-refractivity contribution in [1.29, 1.82) is 0 Å². The van der Waals surface area contributed by atoms with Gasteiger partial charge in [-0.1, -0.05) is 38.1 Å². The average molecular weight is 447 g/mol. The molecule has 0 fully saturated rings. The number of hydrogen-bond acceptors (Lipinski definition) is 5. The fraction of sp³-hybridized carbons (Fsp3) is 0.435. The maximum atomic E-state index is 13.1. The Morgan fingerprint density at radius 2 is 1.90 bits per heavy atom. The molecule has 0 saturated heterocycles. The van der Waals surface area contributed by atoms with Crippen LogP contribution in [0.1, 0.15) is 44.9 Å². The van der Waals surface area contributed by atoms with E-state index in [0.717, 1.165) is 17.5 Å². The number of nitrogens with one attached hydrogen (secondary N) is 1. The van der Waals surface area contributed by atoms with Gasteiger partial charge >= 0.3 is 0 Å². The van der Waals surface area contributed by atoms with Crippen LogP contribution in [-0.2, 0) is 26.0 Å². The predicted molar refractivity (Wildman–Crippen MR) is 120 cm³/mol. The largest absolute Gasteiger partial charge is 0.489 e. The van der Waals surface area contributed by atoms with E-state index < -0.39 is 16.1 Å². The molecular formula is C23H30N2O5S. The number of sulfonamides is 1. The van der Waals surface area contributed by atoms with Gasteiger partial charge in [-0.2, -0.15) is 4.31 Å². The smallest absolute Gasteiger partial charge is 0.258 e. The molecule has 168 valence electrons. The van der Waals surface area contributed by atoms with Crippen LogP contribution in [0.25, 0.3) is 0 Å². The Hall–Kier alpha value is -2.42. The van der Waals surface area contributed by atoms with Crippen LogP contribution in [0.5, 0.6) is 5.75 Å². The molecule has 0 aromatic heterocycles. The van der Waals surface area contributed by atoms with Crippen LogP contribution in [0.3, 0.4) is 0 Å². The van der Waals surface area contributed by atoms with E-state index in [2.05, 4.69) is 5.32 Å². The molecule has 1 amide bonds. The molecule has 0 saturated carbocycles. The van der Waals surface area contributed by atoms with Crippen molar-refractivity contribution in [3.05, 3.63) is 53.6 Å². The van der Waals surface area contributed by atoms with Crippen LogP contribution in [0.15, 0.2) is 47.4 Å². The molecule has 1 atom stereocenters. The van der Waals surface area contributed by atoms with Gasteiger partial charge in [0.25, 0.3) is 5.91 Å². The number of anilines is 1. The highest BCUT2D eigenvalue weighted by Gasteiger charge is 2.29. The van der Waals surface area contributed by atoms with Gasteiger partial charge in [-0.05, 0) is 49.6 Å². The first kappa shape index (κ1) is 23.2. The number of nitrogens with zero attached hydrogens (tertiary/aromatic N) is 1. The van der Waals surface area contributed by atoms with Gasteiger partial charge in [0.15, 0.2) is 6.10 Å². The summed E-state index contributed by atoms with van der Waals surface area (Å²) in [6, 6.07) is 12.2. The molecule has 2 aromatic carbocycles. The number of ether oxygens (including phenoxy) is 2. The number of carbonyl (C=O) groups is 1. The molecule has 0 radical (unpaired) electrons. The minimum absolute atomic E-state index is 0.104. The number of hydrogen-bond donors (Lipinski definition) is 1. The lowest BCUT2D eigenvalue weighted by Gasteiger charge is -2.26. The van der Waals surface area contributed by atoms with Crippen molar-refractivity contribution in [2.45, 2.75) is 51.2 Å². The van der Waals surface area contributed by atoms with Crippen molar-refractivity contribution < 1.29 is 22.7 Å². The van der Waals surface area contributed by atoms with Gasteiger partial charge in [-0.15, -0.1) is 0 Å². The zero-order valence-corrected chi connectivity index (χ0v) is 19.2. The van der Waals surface area contributed by atoms with Crippen LogP contribution in [0.2, 0.25) is 0 Å². The normalized spacial score (nSPS) is 16.3. The van der Waals surface area contributed by atoms with E-state index in [-0.39, 0.29) is 16.9 Å². The highest BCUT2D eigenvalue weighted by Crippen LogP contribution is 2.33. The molecule has 1 aliphatic heterocycles. The molecular weight excluding hydrogens is 416 g/mol. The van der Waals surface area contributed by atoms with E-state index in [0.29, 0.717) is 31.1 Å². The number of rotatable bonds is 8. The Kier molecular flexibility index (Phi) is 7.35. The number of carbonyl (C=O) groups excluding carboxylic acids is 1. The first-order chi connectivity index (χ1) is 14.8. The summed E-state index contributed by atoms with van der Waals surface area (Å²) in [5, 5.41) is 2.84. The second-order valence-electron chi connectivity index (χ2n) is 7.60. The summed E-state index contributed by atoms with van der Waals surface area (Å²) in [7, 11) is -3.68. The summed E-state index contributed by atoms with van der Waals surface area (Å²) in [5.41, 5.74) is 2.20. The lowest BCUT2D eigenvalue weighted by Crippen LogP contribution is -2.31. The molecule has 2 aromatic rings. The number of amides is 1. The first-order valence-corrected chi connectivity index (χ1v) is 12.0. The molecule has 1 N–H and O–H groups in total. The van der Waals surface area contributed by atoms with E-state index >= 15 is 0 Å². The third kappa shape index (κ3) is 5.08. The van der Waals surface area contributed by atoms with Gasteiger partial charge in [0, 0.05) is 13.1 Å². The highest BCUT2D eigenvalue weighted by molar-refractivity contribution is 7.89. The Labute approximate surface area is 184 Å². The molecule has 0 aliphatic carbocycles. The molecule has 0 spiro atoms. The lowest BCUT2D eigenvalue weighted by atomic mass is 9.97. The monoisotopic (exact) mass is 446 g/mol. The van der Waals surface area contributed by atoms with Crippen LogP contribution < -0.4 is 10.1 Å². The van der Waals surface area contributed by atoms with E-state index in [1.54, 1.807) is 19.9 Å². The molecule has 7 nitrogen and oxygen atoms in total. The molecule has 1 aliphatic rings. The summed E-state index contributed by atoms with van der Waals surface area (Å²) in [4.78, 5) is 13.2. The maximum Gasteiger partial charge on any atom is 0.258 e. The van der Waals surface area contributed by atoms with E-state index in [1.807, 2.05) is 38.1 Å². The Morgan fingerprint density at radius 3 is 2.58 bits per heavy atom. The number of benzene rings is 2. The van der Waals surface area contributed by atoms with Crippen LogP contribution in [0.4, 0.5) is 5.69 Å². The lowest BCUT2D eigenvalue weighted by molar-refractivity contribution is -0.128. The molecule has 3 rings (SSSR count). The minimum atomic E-state index is -3.68. The van der Waals surface area contributed by atoms with E-state index in [4.69, 9.17) is 9.47 Å². The van der Waals surface area contributed by atoms with Gasteiger partial charge in [-0.25, -0.2) is 8.42 Å². The van der Waals surface area contributed by atoms with Crippen molar-refractivity contribution in [2.75, 3.05) is 25.0 Å². The summed E-state index contributed by atoms with van der Waals surface area (Å²) in [6.07, 6.45) is -0.161.